The molecule has 1 saturated heterocycles. The van der Waals surface area contributed by atoms with Crippen molar-refractivity contribution < 1.29 is 22.7 Å². The fourth-order valence-corrected chi connectivity index (χ4v) is 3.69. The minimum Gasteiger partial charge on any atom is -0.495 e. The summed E-state index contributed by atoms with van der Waals surface area (Å²) >= 11 is 0. The number of likely N-dealkylation sites (tertiary alicyclic amines) is 1. The molecule has 1 aromatic rings. The number of rotatable bonds is 1. The van der Waals surface area contributed by atoms with Gasteiger partial charge in [0.15, 0.2) is 0 Å². The summed E-state index contributed by atoms with van der Waals surface area (Å²) in [5.74, 6) is -1.42. The van der Waals surface area contributed by atoms with Gasteiger partial charge in [-0.25, -0.2) is 0 Å². The number of hydrogen-bond acceptors (Lipinski definition) is 4. The van der Waals surface area contributed by atoms with E-state index in [-0.39, 0.29) is 17.9 Å². The zero-order valence-electron chi connectivity index (χ0n) is 13.6. The smallest absolute Gasteiger partial charge is 0.471 e. The first-order valence-corrected chi connectivity index (χ1v) is 7.73. The highest BCUT2D eigenvalue weighted by molar-refractivity contribution is 6.00. The molecule has 0 atom stereocenters. The average molecular weight is 343 g/mol. The second-order valence-electron chi connectivity index (χ2n) is 6.58. The fraction of sp³-hybridized carbons (Fsp3) is 0.562. The first-order chi connectivity index (χ1) is 11.2. The zero-order chi connectivity index (χ0) is 17.7. The van der Waals surface area contributed by atoms with E-state index in [9.17, 15) is 18.0 Å². The molecule has 3 rings (SSSR count). The number of halogens is 3. The fourth-order valence-electron chi connectivity index (χ4n) is 3.69. The first kappa shape index (κ1) is 16.9. The molecule has 0 aliphatic carbocycles. The van der Waals surface area contributed by atoms with Crippen LogP contribution >= 0.6 is 0 Å². The van der Waals surface area contributed by atoms with E-state index in [2.05, 4.69) is 4.90 Å². The van der Waals surface area contributed by atoms with Crippen molar-refractivity contribution in [1.29, 1.82) is 0 Å². The third-order valence-corrected chi connectivity index (χ3v) is 5.10. The van der Waals surface area contributed by atoms with Gasteiger partial charge in [0.1, 0.15) is 5.75 Å². The van der Waals surface area contributed by atoms with Gasteiger partial charge in [0.25, 0.3) is 0 Å². The molecule has 2 heterocycles. The molecule has 132 valence electrons. The van der Waals surface area contributed by atoms with E-state index in [0.29, 0.717) is 18.6 Å². The van der Waals surface area contributed by atoms with Crippen LogP contribution < -0.4 is 15.4 Å². The lowest BCUT2D eigenvalue weighted by Gasteiger charge is -2.38. The molecule has 24 heavy (non-hydrogen) atoms. The van der Waals surface area contributed by atoms with Crippen molar-refractivity contribution in [2.75, 3.05) is 44.4 Å². The van der Waals surface area contributed by atoms with E-state index in [4.69, 9.17) is 10.5 Å². The van der Waals surface area contributed by atoms with Crippen LogP contribution in [0.1, 0.15) is 18.4 Å². The Labute approximate surface area is 138 Å². The maximum absolute atomic E-state index is 13.0. The quantitative estimate of drug-likeness (QED) is 0.794. The largest absolute Gasteiger partial charge is 0.495 e. The monoisotopic (exact) mass is 343 g/mol. The Morgan fingerprint density at radius 1 is 1.29 bits per heavy atom. The highest BCUT2D eigenvalue weighted by Gasteiger charge is 2.52. The van der Waals surface area contributed by atoms with E-state index < -0.39 is 17.5 Å². The lowest BCUT2D eigenvalue weighted by atomic mass is 9.74. The number of ether oxygens (including phenoxy) is 1. The van der Waals surface area contributed by atoms with E-state index in [1.807, 2.05) is 7.05 Å². The summed E-state index contributed by atoms with van der Waals surface area (Å²) in [5, 5.41) is 0. The Balaban J connectivity index is 2.10. The van der Waals surface area contributed by atoms with Crippen molar-refractivity contribution in [3.05, 3.63) is 17.7 Å². The lowest BCUT2D eigenvalue weighted by Crippen LogP contribution is -2.47. The van der Waals surface area contributed by atoms with Gasteiger partial charge in [-0.2, -0.15) is 13.2 Å². The van der Waals surface area contributed by atoms with Crippen LogP contribution in [0.15, 0.2) is 12.1 Å². The number of nitrogens with zero attached hydrogens (tertiary/aromatic N) is 2. The number of nitrogen functional groups attached to an aromatic ring is 1. The molecule has 2 aliphatic heterocycles. The predicted molar refractivity (Wildman–Crippen MR) is 84.2 cm³/mol. The maximum Gasteiger partial charge on any atom is 0.471 e. The van der Waals surface area contributed by atoms with Crippen LogP contribution in [0.3, 0.4) is 0 Å². The van der Waals surface area contributed by atoms with Crippen LogP contribution in [-0.2, 0) is 10.2 Å². The molecule has 1 aromatic carbocycles. The number of piperidine rings is 1. The highest BCUT2D eigenvalue weighted by atomic mass is 19.4. The molecule has 8 heteroatoms. The summed E-state index contributed by atoms with van der Waals surface area (Å²) in [4.78, 5) is 14.9. The molecule has 2 aliphatic rings. The van der Waals surface area contributed by atoms with Gasteiger partial charge in [0, 0.05) is 12.0 Å². The number of fused-ring (bicyclic) bond motifs is 2. The van der Waals surface area contributed by atoms with Gasteiger partial charge in [-0.05, 0) is 50.7 Å². The predicted octanol–water partition coefficient (Wildman–Crippen LogP) is 2.15. The van der Waals surface area contributed by atoms with Crippen molar-refractivity contribution in [2.24, 2.45) is 0 Å². The molecule has 1 fully saturated rings. The first-order valence-electron chi connectivity index (χ1n) is 7.73. The molecule has 0 aromatic heterocycles. The number of hydrogen-bond donors (Lipinski definition) is 1. The average Bonchev–Trinajstić information content (AvgIpc) is 2.81. The zero-order valence-corrected chi connectivity index (χ0v) is 13.6. The number of nitrogens with two attached hydrogens (primary N) is 1. The lowest BCUT2D eigenvalue weighted by molar-refractivity contribution is -0.170. The minimum atomic E-state index is -4.91. The van der Waals surface area contributed by atoms with Crippen LogP contribution in [0.25, 0.3) is 0 Å². The normalized spacial score (nSPS) is 20.3. The van der Waals surface area contributed by atoms with Crippen molar-refractivity contribution in [3.63, 3.8) is 0 Å². The third kappa shape index (κ3) is 2.58. The van der Waals surface area contributed by atoms with Gasteiger partial charge in [0.2, 0.25) is 0 Å². The second-order valence-corrected chi connectivity index (χ2v) is 6.58. The molecule has 5 nitrogen and oxygen atoms in total. The number of benzene rings is 1. The SMILES string of the molecule is COc1cc2c(cc1N)N(C(=O)C(F)(F)F)CC21CCN(C)CC1. The van der Waals surface area contributed by atoms with Crippen LogP contribution in [-0.4, -0.2) is 50.8 Å². The van der Waals surface area contributed by atoms with E-state index in [1.165, 1.54) is 13.2 Å². The third-order valence-electron chi connectivity index (χ3n) is 5.10. The van der Waals surface area contributed by atoms with Crippen LogP contribution in [0, 0.1) is 0 Å². The van der Waals surface area contributed by atoms with Crippen molar-refractivity contribution in [3.8, 4) is 5.75 Å². The van der Waals surface area contributed by atoms with Gasteiger partial charge in [-0.15, -0.1) is 0 Å². The summed E-state index contributed by atoms with van der Waals surface area (Å²) in [6.07, 6.45) is -3.54. The Kier molecular flexibility index (Phi) is 3.90. The van der Waals surface area contributed by atoms with Crippen LogP contribution in [0.5, 0.6) is 5.75 Å². The molecular formula is C16H20F3N3O2. The van der Waals surface area contributed by atoms with Crippen LogP contribution in [0.4, 0.5) is 24.5 Å². The summed E-state index contributed by atoms with van der Waals surface area (Å²) < 4.78 is 44.2. The number of amides is 1. The molecule has 0 bridgehead atoms. The number of alkyl halides is 3. The topological polar surface area (TPSA) is 58.8 Å². The summed E-state index contributed by atoms with van der Waals surface area (Å²) in [5.41, 5.74) is 6.58. The van der Waals surface area contributed by atoms with Gasteiger partial charge in [0.05, 0.1) is 18.5 Å². The number of carbonyl (C=O) groups is 1. The minimum absolute atomic E-state index is 0.0289. The van der Waals surface area contributed by atoms with Gasteiger partial charge >= 0.3 is 12.1 Å². The van der Waals surface area contributed by atoms with Gasteiger partial charge < -0.3 is 20.3 Å². The molecule has 1 amide bonds. The molecule has 0 saturated carbocycles. The van der Waals surface area contributed by atoms with E-state index in [1.54, 1.807) is 6.07 Å². The Bertz CT molecular complexity index is 667. The number of methoxy groups -OCH3 is 1. The van der Waals surface area contributed by atoms with Crippen molar-refractivity contribution in [2.45, 2.75) is 24.4 Å². The Morgan fingerprint density at radius 3 is 2.46 bits per heavy atom. The van der Waals surface area contributed by atoms with E-state index in [0.717, 1.165) is 23.6 Å². The van der Waals surface area contributed by atoms with Gasteiger partial charge in [-0.3, -0.25) is 4.79 Å². The van der Waals surface area contributed by atoms with Crippen molar-refractivity contribution in [1.82, 2.24) is 4.90 Å². The molecule has 0 radical (unpaired) electrons. The molecular weight excluding hydrogens is 323 g/mol. The highest BCUT2D eigenvalue weighted by Crippen LogP contribution is 2.50. The number of carbonyl (C=O) groups excluding carboxylic acids is 1. The Hall–Kier alpha value is -1.96. The molecule has 0 unspecified atom stereocenters. The number of anilines is 2. The Morgan fingerprint density at radius 2 is 1.92 bits per heavy atom. The second kappa shape index (κ2) is 5.54. The summed E-state index contributed by atoms with van der Waals surface area (Å²) in [6, 6.07) is 3.12. The van der Waals surface area contributed by atoms with Gasteiger partial charge in [-0.1, -0.05) is 0 Å². The maximum atomic E-state index is 13.0. The summed E-state index contributed by atoms with van der Waals surface area (Å²) in [6.45, 7) is 1.56. The molecule has 2 N–H and O–H groups in total. The standard InChI is InChI=1S/C16H20F3N3O2/c1-21-5-3-15(4-6-21)9-22(14(23)16(17,18)19)12-8-11(20)13(24-2)7-10(12)15/h7-8H,3-6,9,20H2,1-2H3. The van der Waals surface area contributed by atoms with E-state index >= 15 is 0 Å². The summed E-state index contributed by atoms with van der Waals surface area (Å²) in [7, 11) is 3.44. The molecule has 1 spiro atoms. The van der Waals surface area contributed by atoms with Crippen LogP contribution in [0.2, 0.25) is 0 Å². The van der Waals surface area contributed by atoms with Crippen molar-refractivity contribution >= 4 is 17.3 Å².